The van der Waals surface area contributed by atoms with Crippen LogP contribution in [0.2, 0.25) is 0 Å². The van der Waals surface area contributed by atoms with Crippen molar-refractivity contribution in [3.8, 4) is 0 Å². The van der Waals surface area contributed by atoms with Crippen molar-refractivity contribution in [3.05, 3.63) is 42.5 Å². The van der Waals surface area contributed by atoms with Gasteiger partial charge in [-0.3, -0.25) is 4.79 Å². The first-order valence-electron chi connectivity index (χ1n) is 6.28. The van der Waals surface area contributed by atoms with Crippen molar-refractivity contribution in [2.75, 3.05) is 10.6 Å². The summed E-state index contributed by atoms with van der Waals surface area (Å²) in [6.45, 7) is 4.36. The highest BCUT2D eigenvalue weighted by Crippen LogP contribution is 2.16. The van der Waals surface area contributed by atoms with E-state index in [-0.39, 0.29) is 11.8 Å². The number of amides is 1. The van der Waals surface area contributed by atoms with Crippen LogP contribution in [-0.2, 0) is 11.3 Å². The van der Waals surface area contributed by atoms with Crippen LogP contribution in [0.3, 0.4) is 0 Å². The van der Waals surface area contributed by atoms with Crippen molar-refractivity contribution >= 4 is 17.3 Å². The van der Waals surface area contributed by atoms with E-state index in [2.05, 4.69) is 20.6 Å². The quantitative estimate of drug-likeness (QED) is 0.772. The predicted octanol–water partition coefficient (Wildman–Crippen LogP) is 2.62. The Hall–Kier alpha value is -2.30. The van der Waals surface area contributed by atoms with E-state index in [0.29, 0.717) is 6.54 Å². The summed E-state index contributed by atoms with van der Waals surface area (Å²) in [5.74, 6) is 0.861. The summed E-state index contributed by atoms with van der Waals surface area (Å²) in [7, 11) is 0. The second kappa shape index (κ2) is 6.04. The highest BCUT2D eigenvalue weighted by atomic mass is 16.1. The molecule has 1 heterocycles. The minimum absolute atomic E-state index is 0.0168. The Morgan fingerprint density at radius 3 is 2.84 bits per heavy atom. The van der Waals surface area contributed by atoms with Crippen molar-refractivity contribution in [1.29, 1.82) is 0 Å². The number of imidazole rings is 1. The highest BCUT2D eigenvalue weighted by molar-refractivity contribution is 5.92. The molecule has 2 aromatic rings. The summed E-state index contributed by atoms with van der Waals surface area (Å²) in [5.41, 5.74) is 1.74. The number of benzene rings is 1. The smallest absolute Gasteiger partial charge is 0.226 e. The third-order valence-electron chi connectivity index (χ3n) is 2.67. The number of aromatic nitrogens is 2. The second-order valence-corrected chi connectivity index (χ2v) is 4.61. The fraction of sp³-hybridized carbons (Fsp3) is 0.286. The maximum Gasteiger partial charge on any atom is 0.226 e. The molecular weight excluding hydrogens is 240 g/mol. The van der Waals surface area contributed by atoms with Crippen LogP contribution < -0.4 is 10.6 Å². The minimum atomic E-state index is -0.0280. The number of nitrogens with one attached hydrogen (secondary N) is 3. The van der Waals surface area contributed by atoms with E-state index >= 15 is 0 Å². The Morgan fingerprint density at radius 2 is 2.16 bits per heavy atom. The van der Waals surface area contributed by atoms with Gasteiger partial charge in [0.1, 0.15) is 5.82 Å². The highest BCUT2D eigenvalue weighted by Gasteiger charge is 2.07. The predicted molar refractivity (Wildman–Crippen MR) is 75.8 cm³/mol. The molecule has 5 nitrogen and oxygen atoms in total. The first-order chi connectivity index (χ1) is 9.15. The van der Waals surface area contributed by atoms with Crippen molar-refractivity contribution in [1.82, 2.24) is 9.97 Å². The lowest BCUT2D eigenvalue weighted by atomic mass is 10.2. The Morgan fingerprint density at radius 1 is 1.37 bits per heavy atom. The largest absolute Gasteiger partial charge is 0.378 e. The summed E-state index contributed by atoms with van der Waals surface area (Å²) < 4.78 is 0. The first-order valence-corrected chi connectivity index (χ1v) is 6.28. The zero-order valence-corrected chi connectivity index (χ0v) is 11.1. The number of carbonyl (C=O) groups excluding carboxylic acids is 1. The molecule has 0 unspecified atom stereocenters. The molecule has 0 bridgehead atoms. The molecule has 0 fully saturated rings. The molecule has 19 heavy (non-hydrogen) atoms. The van der Waals surface area contributed by atoms with Gasteiger partial charge in [-0.05, 0) is 18.2 Å². The molecule has 5 heteroatoms. The Kier molecular flexibility index (Phi) is 4.18. The van der Waals surface area contributed by atoms with E-state index in [0.717, 1.165) is 17.2 Å². The summed E-state index contributed by atoms with van der Waals surface area (Å²) in [4.78, 5) is 18.8. The molecule has 0 radical (unpaired) electrons. The van der Waals surface area contributed by atoms with Gasteiger partial charge in [0.05, 0.1) is 6.54 Å². The number of anilines is 2. The zero-order chi connectivity index (χ0) is 13.7. The molecule has 0 spiro atoms. The molecule has 0 saturated heterocycles. The number of carbonyl (C=O) groups is 1. The van der Waals surface area contributed by atoms with E-state index < -0.39 is 0 Å². The van der Waals surface area contributed by atoms with Crippen LogP contribution in [0.1, 0.15) is 19.7 Å². The molecule has 0 saturated carbocycles. The number of aromatic amines is 1. The summed E-state index contributed by atoms with van der Waals surface area (Å²) in [6, 6.07) is 7.63. The van der Waals surface area contributed by atoms with Gasteiger partial charge in [-0.15, -0.1) is 0 Å². The van der Waals surface area contributed by atoms with E-state index in [1.807, 2.05) is 38.1 Å². The molecule has 1 aromatic heterocycles. The average Bonchev–Trinajstić information content (AvgIpc) is 2.90. The van der Waals surface area contributed by atoms with Crippen LogP contribution in [-0.4, -0.2) is 15.9 Å². The van der Waals surface area contributed by atoms with Crippen LogP contribution in [0.25, 0.3) is 0 Å². The van der Waals surface area contributed by atoms with E-state index in [1.165, 1.54) is 0 Å². The van der Waals surface area contributed by atoms with Gasteiger partial charge in [0.2, 0.25) is 5.91 Å². The fourth-order valence-electron chi connectivity index (χ4n) is 1.57. The summed E-state index contributed by atoms with van der Waals surface area (Å²) in [5, 5.41) is 6.12. The molecule has 1 aromatic carbocycles. The molecule has 0 aliphatic rings. The Balaban J connectivity index is 1.97. The zero-order valence-electron chi connectivity index (χ0n) is 11.1. The standard InChI is InChI=1S/C14H18N4O/c1-10(2)14(19)18-12-5-3-4-11(8-12)17-9-13-15-6-7-16-13/h3-8,10,17H,9H2,1-2H3,(H,15,16)(H,18,19). The maximum absolute atomic E-state index is 11.6. The van der Waals surface area contributed by atoms with Crippen LogP contribution in [0.5, 0.6) is 0 Å². The van der Waals surface area contributed by atoms with Crippen molar-refractivity contribution in [2.45, 2.75) is 20.4 Å². The summed E-state index contributed by atoms with van der Waals surface area (Å²) >= 11 is 0. The van der Waals surface area contributed by atoms with Crippen LogP contribution in [0.15, 0.2) is 36.7 Å². The average molecular weight is 258 g/mol. The maximum atomic E-state index is 11.6. The third kappa shape index (κ3) is 3.84. The Bertz CT molecular complexity index is 534. The molecule has 3 N–H and O–H groups in total. The normalized spacial score (nSPS) is 10.5. The molecule has 1 amide bonds. The first kappa shape index (κ1) is 13.1. The number of hydrogen-bond acceptors (Lipinski definition) is 3. The number of H-pyrrole nitrogens is 1. The molecule has 0 atom stereocenters. The lowest BCUT2D eigenvalue weighted by Crippen LogP contribution is -2.17. The topological polar surface area (TPSA) is 69.8 Å². The lowest BCUT2D eigenvalue weighted by molar-refractivity contribution is -0.118. The van der Waals surface area contributed by atoms with Gasteiger partial charge >= 0.3 is 0 Å². The van der Waals surface area contributed by atoms with Gasteiger partial charge in [0, 0.05) is 29.7 Å². The van der Waals surface area contributed by atoms with Crippen molar-refractivity contribution < 1.29 is 4.79 Å². The van der Waals surface area contributed by atoms with Gasteiger partial charge in [-0.25, -0.2) is 4.98 Å². The monoisotopic (exact) mass is 258 g/mol. The molecule has 0 aliphatic heterocycles. The second-order valence-electron chi connectivity index (χ2n) is 4.61. The van der Waals surface area contributed by atoms with Crippen LogP contribution in [0.4, 0.5) is 11.4 Å². The molecule has 2 rings (SSSR count). The van der Waals surface area contributed by atoms with E-state index in [4.69, 9.17) is 0 Å². The fourth-order valence-corrected chi connectivity index (χ4v) is 1.57. The van der Waals surface area contributed by atoms with Crippen LogP contribution in [0, 0.1) is 5.92 Å². The van der Waals surface area contributed by atoms with Crippen LogP contribution >= 0.6 is 0 Å². The van der Waals surface area contributed by atoms with E-state index in [1.54, 1.807) is 12.4 Å². The number of nitrogens with zero attached hydrogens (tertiary/aromatic N) is 1. The SMILES string of the molecule is CC(C)C(=O)Nc1cccc(NCc2ncc[nH]2)c1. The number of hydrogen-bond donors (Lipinski definition) is 3. The van der Waals surface area contributed by atoms with E-state index in [9.17, 15) is 4.79 Å². The number of rotatable bonds is 5. The third-order valence-corrected chi connectivity index (χ3v) is 2.67. The Labute approximate surface area is 112 Å². The van der Waals surface area contributed by atoms with Gasteiger partial charge < -0.3 is 15.6 Å². The van der Waals surface area contributed by atoms with Crippen molar-refractivity contribution in [2.24, 2.45) is 5.92 Å². The van der Waals surface area contributed by atoms with Gasteiger partial charge in [0.25, 0.3) is 0 Å². The molecular formula is C14H18N4O. The minimum Gasteiger partial charge on any atom is -0.378 e. The summed E-state index contributed by atoms with van der Waals surface area (Å²) in [6.07, 6.45) is 3.51. The van der Waals surface area contributed by atoms with Gasteiger partial charge in [-0.1, -0.05) is 19.9 Å². The molecule has 100 valence electrons. The van der Waals surface area contributed by atoms with Crippen molar-refractivity contribution in [3.63, 3.8) is 0 Å². The van der Waals surface area contributed by atoms with Gasteiger partial charge in [0.15, 0.2) is 0 Å². The van der Waals surface area contributed by atoms with Gasteiger partial charge in [-0.2, -0.15) is 0 Å². The molecule has 0 aliphatic carbocycles. The lowest BCUT2D eigenvalue weighted by Gasteiger charge is -2.10.